The first-order valence-corrected chi connectivity index (χ1v) is 10.9. The molecule has 1 aromatic rings. The summed E-state index contributed by atoms with van der Waals surface area (Å²) in [5, 5.41) is 11.3. The molecule has 6 heteroatoms. The Kier molecular flexibility index (Phi) is 9.61. The van der Waals surface area contributed by atoms with E-state index in [1.165, 1.54) is 32.1 Å². The van der Waals surface area contributed by atoms with Crippen LogP contribution in [0.4, 0.5) is 5.69 Å². The van der Waals surface area contributed by atoms with Crippen LogP contribution in [0.1, 0.15) is 69.1 Å². The fraction of sp³-hybridized carbons (Fsp3) is 0.652. The lowest BCUT2D eigenvalue weighted by molar-refractivity contribution is -0.110. The molecular weight excluding hydrogens is 364 g/mol. The van der Waals surface area contributed by atoms with Gasteiger partial charge in [-0.2, -0.15) is 0 Å². The van der Waals surface area contributed by atoms with Crippen LogP contribution in [0.3, 0.4) is 0 Å². The number of piperidine rings is 1. The number of para-hydroxylation sites is 1. The fourth-order valence-electron chi connectivity index (χ4n) is 4.18. The molecule has 1 aliphatic heterocycles. The topological polar surface area (TPSA) is 91.4 Å². The van der Waals surface area contributed by atoms with Crippen molar-refractivity contribution in [2.24, 2.45) is 5.92 Å². The lowest BCUT2D eigenvalue weighted by Gasteiger charge is -2.30. The molecule has 1 atom stereocenters. The zero-order chi connectivity index (χ0) is 21.2. The van der Waals surface area contributed by atoms with Gasteiger partial charge in [-0.15, -0.1) is 0 Å². The maximum atomic E-state index is 9.96. The molecule has 1 saturated heterocycles. The molecule has 0 spiro atoms. The Balaban J connectivity index is 0.000000278. The van der Waals surface area contributed by atoms with Gasteiger partial charge < -0.3 is 26.1 Å². The molecule has 29 heavy (non-hydrogen) atoms. The Labute approximate surface area is 175 Å². The molecule has 1 amide bonds. The second-order valence-electron chi connectivity index (χ2n) is 8.30. The zero-order valence-corrected chi connectivity index (χ0v) is 18.2. The maximum absolute atomic E-state index is 9.96. The van der Waals surface area contributed by atoms with Gasteiger partial charge >= 0.3 is 0 Å². The van der Waals surface area contributed by atoms with E-state index in [0.717, 1.165) is 43.5 Å². The van der Waals surface area contributed by atoms with Crippen LogP contribution >= 0.6 is 0 Å². The molecule has 0 radical (unpaired) electrons. The van der Waals surface area contributed by atoms with Crippen LogP contribution in [0.15, 0.2) is 18.2 Å². The zero-order valence-electron chi connectivity index (χ0n) is 18.2. The highest BCUT2D eigenvalue weighted by Gasteiger charge is 2.24. The van der Waals surface area contributed by atoms with E-state index in [1.54, 1.807) is 7.11 Å². The van der Waals surface area contributed by atoms with Gasteiger partial charge in [-0.05, 0) is 52.7 Å². The number of nitrogens with one attached hydrogen (secondary N) is 2. The summed E-state index contributed by atoms with van der Waals surface area (Å²) in [6.07, 6.45) is 9.12. The van der Waals surface area contributed by atoms with Crippen LogP contribution in [-0.2, 0) is 9.53 Å². The maximum Gasteiger partial charge on any atom is 0.207 e. The first-order valence-electron chi connectivity index (χ1n) is 10.9. The number of carbonyl (C=O) groups is 1. The van der Waals surface area contributed by atoms with Crippen molar-refractivity contribution in [1.82, 2.24) is 10.2 Å². The molecule has 162 valence electrons. The van der Waals surface area contributed by atoms with Gasteiger partial charge in [0.25, 0.3) is 0 Å². The monoisotopic (exact) mass is 402 g/mol. The highest BCUT2D eigenvalue weighted by molar-refractivity contribution is 6.04. The quantitative estimate of drug-likeness (QED) is 0.384. The number of benzene rings is 1. The van der Waals surface area contributed by atoms with Crippen LogP contribution in [0.2, 0.25) is 0 Å². The van der Waals surface area contributed by atoms with Crippen molar-refractivity contribution in [3.8, 4) is 0 Å². The van der Waals surface area contributed by atoms with Gasteiger partial charge in [-0.25, -0.2) is 0 Å². The van der Waals surface area contributed by atoms with Crippen molar-refractivity contribution < 1.29 is 9.53 Å². The Hall–Kier alpha value is -1.92. The third kappa shape index (κ3) is 6.82. The van der Waals surface area contributed by atoms with Crippen LogP contribution in [0, 0.1) is 11.3 Å². The normalized spacial score (nSPS) is 19.7. The third-order valence-corrected chi connectivity index (χ3v) is 6.26. The largest absolute Gasteiger partial charge is 0.398 e. The molecule has 0 bridgehead atoms. The summed E-state index contributed by atoms with van der Waals surface area (Å²) >= 11 is 0. The van der Waals surface area contributed by atoms with Crippen LogP contribution < -0.4 is 11.1 Å². The summed E-state index contributed by atoms with van der Waals surface area (Å²) in [6.45, 7) is 4.09. The number of ether oxygens (including phenoxy) is 1. The van der Waals surface area contributed by atoms with E-state index in [0.29, 0.717) is 23.4 Å². The molecule has 1 saturated carbocycles. The van der Waals surface area contributed by atoms with Crippen molar-refractivity contribution in [3.05, 3.63) is 29.3 Å². The second kappa shape index (κ2) is 11.9. The van der Waals surface area contributed by atoms with Crippen molar-refractivity contribution in [2.75, 3.05) is 33.0 Å². The third-order valence-electron chi connectivity index (χ3n) is 6.26. The number of anilines is 1. The van der Waals surface area contributed by atoms with Gasteiger partial charge in [0.2, 0.25) is 6.41 Å². The standard InChI is InChI=1S/C16H25N3O.C7H13NO/c1-11(20-3)13-5-4-6-14(16(13)18)15(17)12-7-9-19(2)10-8-12;9-6-8-7-4-2-1-3-5-7/h4-6,11-12,17H,7-10,18H2,1-3H3;6-7H,1-5H2,(H,8,9). The first-order chi connectivity index (χ1) is 14.0. The van der Waals surface area contributed by atoms with Crippen molar-refractivity contribution in [2.45, 2.75) is 64.0 Å². The highest BCUT2D eigenvalue weighted by Crippen LogP contribution is 2.29. The second-order valence-corrected chi connectivity index (χ2v) is 8.30. The van der Waals surface area contributed by atoms with E-state index in [-0.39, 0.29) is 6.10 Å². The Morgan fingerprint density at radius 2 is 1.90 bits per heavy atom. The number of likely N-dealkylation sites (tertiary alicyclic amines) is 1. The number of amides is 1. The molecular formula is C23H38N4O2. The molecule has 1 heterocycles. The minimum Gasteiger partial charge on any atom is -0.398 e. The summed E-state index contributed by atoms with van der Waals surface area (Å²) in [5.74, 6) is 0.321. The van der Waals surface area contributed by atoms with Crippen LogP contribution in [0.5, 0.6) is 0 Å². The number of rotatable bonds is 6. The fourth-order valence-corrected chi connectivity index (χ4v) is 4.18. The molecule has 1 aliphatic carbocycles. The Morgan fingerprint density at radius 3 is 2.48 bits per heavy atom. The average molecular weight is 403 g/mol. The van der Waals surface area contributed by atoms with Gasteiger partial charge in [0.1, 0.15) is 0 Å². The number of nitrogens with zero attached hydrogens (tertiary/aromatic N) is 1. The molecule has 2 fully saturated rings. The minimum absolute atomic E-state index is 0.0414. The van der Waals surface area contributed by atoms with E-state index in [1.807, 2.05) is 25.1 Å². The van der Waals surface area contributed by atoms with Crippen molar-refractivity contribution >= 4 is 17.8 Å². The van der Waals surface area contributed by atoms with Crippen LogP contribution in [0.25, 0.3) is 0 Å². The SMILES string of the molecule is COC(C)c1cccc(C(=N)C2CCN(C)CC2)c1N.O=CNC1CCCCC1. The van der Waals surface area contributed by atoms with E-state index in [2.05, 4.69) is 17.3 Å². The number of nitrogen functional groups attached to an aromatic ring is 1. The van der Waals surface area contributed by atoms with Gasteiger partial charge in [-0.3, -0.25) is 4.79 Å². The molecule has 3 rings (SSSR count). The smallest absolute Gasteiger partial charge is 0.207 e. The highest BCUT2D eigenvalue weighted by atomic mass is 16.5. The number of carbonyl (C=O) groups excluding carboxylic acids is 1. The summed E-state index contributed by atoms with van der Waals surface area (Å²) in [6, 6.07) is 6.40. The van der Waals surface area contributed by atoms with Gasteiger partial charge in [0.05, 0.1) is 6.10 Å². The molecule has 2 aliphatic rings. The summed E-state index contributed by atoms with van der Waals surface area (Å²) < 4.78 is 5.35. The lowest BCUT2D eigenvalue weighted by atomic mass is 9.86. The average Bonchev–Trinajstić information content (AvgIpc) is 2.75. The summed E-state index contributed by atoms with van der Waals surface area (Å²) in [4.78, 5) is 12.3. The van der Waals surface area contributed by atoms with Crippen LogP contribution in [-0.4, -0.2) is 50.3 Å². The van der Waals surface area contributed by atoms with E-state index in [9.17, 15) is 4.79 Å². The molecule has 1 aromatic carbocycles. The van der Waals surface area contributed by atoms with Crippen molar-refractivity contribution in [3.63, 3.8) is 0 Å². The van der Waals surface area contributed by atoms with Gasteiger partial charge in [0.15, 0.2) is 0 Å². The Morgan fingerprint density at radius 1 is 1.24 bits per heavy atom. The summed E-state index contributed by atoms with van der Waals surface area (Å²) in [7, 11) is 3.81. The predicted molar refractivity (Wildman–Crippen MR) is 119 cm³/mol. The number of hydrogen-bond acceptors (Lipinski definition) is 5. The minimum atomic E-state index is -0.0414. The first kappa shape index (κ1) is 23.4. The number of nitrogens with two attached hydrogens (primary N) is 1. The number of hydrogen-bond donors (Lipinski definition) is 3. The lowest BCUT2D eigenvalue weighted by Crippen LogP contribution is -2.33. The molecule has 0 aromatic heterocycles. The summed E-state index contributed by atoms with van der Waals surface area (Å²) in [5.41, 5.74) is 9.50. The van der Waals surface area contributed by atoms with E-state index < -0.39 is 0 Å². The Bertz CT molecular complexity index is 650. The molecule has 1 unspecified atom stereocenters. The number of methoxy groups -OCH3 is 1. The molecule has 6 nitrogen and oxygen atoms in total. The molecule has 4 N–H and O–H groups in total. The van der Waals surface area contributed by atoms with E-state index in [4.69, 9.17) is 15.9 Å². The predicted octanol–water partition coefficient (Wildman–Crippen LogP) is 3.75. The van der Waals surface area contributed by atoms with E-state index >= 15 is 0 Å². The van der Waals surface area contributed by atoms with Gasteiger partial charge in [0, 0.05) is 41.6 Å². The van der Waals surface area contributed by atoms with Gasteiger partial charge in [-0.1, -0.05) is 37.5 Å². The van der Waals surface area contributed by atoms with Crippen molar-refractivity contribution in [1.29, 1.82) is 5.41 Å².